The van der Waals surface area contributed by atoms with E-state index in [0.717, 1.165) is 12.5 Å². The molecule has 0 aliphatic heterocycles. The van der Waals surface area contributed by atoms with Gasteiger partial charge in [-0.15, -0.1) is 0 Å². The molecule has 0 atom stereocenters. The second-order valence-electron chi connectivity index (χ2n) is 4.88. The zero-order valence-electron chi connectivity index (χ0n) is 9.44. The van der Waals surface area contributed by atoms with Crippen molar-refractivity contribution < 1.29 is 4.43 Å². The number of hydrogen-bond donors (Lipinski definition) is 0. The lowest BCUT2D eigenvalue weighted by Gasteiger charge is -2.23. The van der Waals surface area contributed by atoms with Crippen molar-refractivity contribution in [1.82, 2.24) is 0 Å². The minimum Gasteiger partial charge on any atom is -0.418 e. The molecule has 0 N–H and O–H groups in total. The molecule has 13 heavy (non-hydrogen) atoms. The normalized spacial score (nSPS) is 19.6. The van der Waals surface area contributed by atoms with Gasteiger partial charge in [-0.3, -0.25) is 0 Å². The summed E-state index contributed by atoms with van der Waals surface area (Å²) in [5.74, 6) is 1.03. The van der Waals surface area contributed by atoms with Crippen molar-refractivity contribution in [3.63, 3.8) is 0 Å². The number of rotatable bonds is 5. The fourth-order valence-corrected chi connectivity index (χ4v) is 4.34. The average Bonchev–Trinajstić information content (AvgIpc) is 2.52. The molecule has 1 fully saturated rings. The summed E-state index contributed by atoms with van der Waals surface area (Å²) >= 11 is 0. The van der Waals surface area contributed by atoms with Crippen LogP contribution in [0.2, 0.25) is 19.1 Å². The highest BCUT2D eigenvalue weighted by Gasteiger charge is 2.24. The molecule has 1 aliphatic rings. The van der Waals surface area contributed by atoms with E-state index in [0.29, 0.717) is 0 Å². The van der Waals surface area contributed by atoms with Crippen molar-refractivity contribution >= 4 is 8.32 Å². The Morgan fingerprint density at radius 2 is 1.85 bits per heavy atom. The highest BCUT2D eigenvalue weighted by atomic mass is 28.4. The Labute approximate surface area is 84.0 Å². The Morgan fingerprint density at radius 3 is 2.38 bits per heavy atom. The van der Waals surface area contributed by atoms with Gasteiger partial charge in [0.1, 0.15) is 0 Å². The van der Waals surface area contributed by atoms with Crippen molar-refractivity contribution in [3.8, 4) is 0 Å². The van der Waals surface area contributed by atoms with Crippen LogP contribution in [-0.2, 0) is 4.43 Å². The summed E-state index contributed by atoms with van der Waals surface area (Å²) < 4.78 is 5.83. The molecule has 0 heterocycles. The first-order valence-corrected chi connectivity index (χ1v) is 8.89. The molecule has 0 radical (unpaired) electrons. The highest BCUT2D eigenvalue weighted by molar-refractivity contribution is 6.71. The van der Waals surface area contributed by atoms with Crippen LogP contribution in [0.15, 0.2) is 0 Å². The van der Waals surface area contributed by atoms with E-state index in [9.17, 15) is 0 Å². The number of hydrogen-bond acceptors (Lipinski definition) is 1. The fourth-order valence-electron chi connectivity index (χ4n) is 2.31. The molecule has 0 bridgehead atoms. The van der Waals surface area contributed by atoms with Gasteiger partial charge < -0.3 is 4.43 Å². The summed E-state index contributed by atoms with van der Waals surface area (Å²) in [6.07, 6.45) is 7.34. The van der Waals surface area contributed by atoms with Crippen LogP contribution in [0, 0.1) is 5.92 Å². The first kappa shape index (κ1) is 11.3. The average molecular weight is 200 g/mol. The zero-order valence-corrected chi connectivity index (χ0v) is 10.4. The third-order valence-electron chi connectivity index (χ3n) is 3.16. The largest absolute Gasteiger partial charge is 0.418 e. The summed E-state index contributed by atoms with van der Waals surface area (Å²) in [6, 6.07) is 1.37. The lowest BCUT2D eigenvalue weighted by molar-refractivity contribution is 0.324. The maximum absolute atomic E-state index is 5.83. The van der Waals surface area contributed by atoms with Crippen LogP contribution < -0.4 is 0 Å². The summed E-state index contributed by atoms with van der Waals surface area (Å²) in [5.41, 5.74) is 0. The van der Waals surface area contributed by atoms with Crippen molar-refractivity contribution in [3.05, 3.63) is 0 Å². The van der Waals surface area contributed by atoms with E-state index in [1.165, 1.54) is 38.1 Å². The van der Waals surface area contributed by atoms with Gasteiger partial charge in [0.2, 0.25) is 0 Å². The molecule has 78 valence electrons. The second-order valence-corrected chi connectivity index (χ2v) is 9.19. The fraction of sp³-hybridized carbons (Fsp3) is 1.00. The van der Waals surface area contributed by atoms with Crippen LogP contribution in [-0.4, -0.2) is 14.9 Å². The molecule has 0 amide bonds. The van der Waals surface area contributed by atoms with Crippen LogP contribution in [0.4, 0.5) is 0 Å². The van der Waals surface area contributed by atoms with E-state index in [1.807, 2.05) is 0 Å². The molecule has 2 heteroatoms. The molecule has 0 spiro atoms. The maximum atomic E-state index is 5.83. The van der Waals surface area contributed by atoms with Crippen LogP contribution >= 0.6 is 0 Å². The quantitative estimate of drug-likeness (QED) is 0.613. The molecule has 0 unspecified atom stereocenters. The molecule has 0 aromatic heterocycles. The Balaban J connectivity index is 2.15. The first-order valence-electron chi connectivity index (χ1n) is 5.78. The SMILES string of the molecule is CCO[Si](C)(C)CCC1CCCC1. The first-order chi connectivity index (χ1) is 6.14. The molecular weight excluding hydrogens is 176 g/mol. The van der Waals surface area contributed by atoms with Crippen LogP contribution in [0.1, 0.15) is 39.0 Å². The standard InChI is InChI=1S/C11H24OSi/c1-4-12-13(2,3)10-9-11-7-5-6-8-11/h11H,4-10H2,1-3H3. The third kappa shape index (κ3) is 4.27. The van der Waals surface area contributed by atoms with Gasteiger partial charge in [0.15, 0.2) is 8.32 Å². The Morgan fingerprint density at radius 1 is 1.23 bits per heavy atom. The minimum atomic E-state index is -1.27. The van der Waals surface area contributed by atoms with Gasteiger partial charge >= 0.3 is 0 Å². The third-order valence-corrected chi connectivity index (χ3v) is 5.73. The van der Waals surface area contributed by atoms with Gasteiger partial charge in [0.25, 0.3) is 0 Å². The summed E-state index contributed by atoms with van der Waals surface area (Å²) in [6.45, 7) is 7.73. The summed E-state index contributed by atoms with van der Waals surface area (Å²) in [5, 5.41) is 0. The van der Waals surface area contributed by atoms with Crippen molar-refractivity contribution in [1.29, 1.82) is 0 Å². The molecule has 1 saturated carbocycles. The van der Waals surface area contributed by atoms with E-state index in [2.05, 4.69) is 20.0 Å². The molecule has 1 aliphatic carbocycles. The predicted molar refractivity (Wildman–Crippen MR) is 60.5 cm³/mol. The monoisotopic (exact) mass is 200 g/mol. The molecule has 1 nitrogen and oxygen atoms in total. The molecule has 0 aromatic rings. The van der Waals surface area contributed by atoms with Crippen molar-refractivity contribution in [2.75, 3.05) is 6.61 Å². The zero-order chi connectivity index (χ0) is 9.73. The maximum Gasteiger partial charge on any atom is 0.186 e. The summed E-state index contributed by atoms with van der Waals surface area (Å²) in [7, 11) is -1.27. The lowest BCUT2D eigenvalue weighted by atomic mass is 10.1. The van der Waals surface area contributed by atoms with Crippen LogP contribution in [0.5, 0.6) is 0 Å². The van der Waals surface area contributed by atoms with E-state index in [4.69, 9.17) is 4.43 Å². The molecule has 0 aromatic carbocycles. The van der Waals surface area contributed by atoms with E-state index in [1.54, 1.807) is 0 Å². The Hall–Kier alpha value is 0.177. The molecule has 0 saturated heterocycles. The van der Waals surface area contributed by atoms with Gasteiger partial charge in [-0.2, -0.15) is 0 Å². The molecule has 1 rings (SSSR count). The Bertz CT molecular complexity index is 139. The van der Waals surface area contributed by atoms with Gasteiger partial charge in [-0.05, 0) is 32.0 Å². The smallest absolute Gasteiger partial charge is 0.186 e. The predicted octanol–water partition coefficient (Wildman–Crippen LogP) is 3.81. The van der Waals surface area contributed by atoms with Crippen LogP contribution in [0.25, 0.3) is 0 Å². The van der Waals surface area contributed by atoms with Gasteiger partial charge in [-0.1, -0.05) is 32.1 Å². The highest BCUT2D eigenvalue weighted by Crippen LogP contribution is 2.30. The van der Waals surface area contributed by atoms with E-state index >= 15 is 0 Å². The molecular formula is C11H24OSi. The van der Waals surface area contributed by atoms with E-state index < -0.39 is 8.32 Å². The van der Waals surface area contributed by atoms with Gasteiger partial charge in [0, 0.05) is 6.61 Å². The summed E-state index contributed by atoms with van der Waals surface area (Å²) in [4.78, 5) is 0. The van der Waals surface area contributed by atoms with Crippen molar-refractivity contribution in [2.24, 2.45) is 5.92 Å². The second kappa shape index (κ2) is 5.16. The lowest BCUT2D eigenvalue weighted by Crippen LogP contribution is -2.30. The van der Waals surface area contributed by atoms with Crippen LogP contribution in [0.3, 0.4) is 0 Å². The topological polar surface area (TPSA) is 9.23 Å². The van der Waals surface area contributed by atoms with Gasteiger partial charge in [0.05, 0.1) is 0 Å². The van der Waals surface area contributed by atoms with Gasteiger partial charge in [-0.25, -0.2) is 0 Å². The Kier molecular flexibility index (Phi) is 4.46. The minimum absolute atomic E-state index is 0.907. The van der Waals surface area contributed by atoms with Crippen molar-refractivity contribution in [2.45, 2.75) is 58.2 Å². The van der Waals surface area contributed by atoms with E-state index in [-0.39, 0.29) is 0 Å².